The molecule has 0 saturated carbocycles. The van der Waals surface area contributed by atoms with Gasteiger partial charge in [-0.25, -0.2) is 4.98 Å². The Balaban J connectivity index is 0.00000324. The van der Waals surface area contributed by atoms with Crippen molar-refractivity contribution in [1.82, 2.24) is 20.9 Å². The number of benzene rings is 2. The Morgan fingerprint density at radius 2 is 1.91 bits per heavy atom. The van der Waals surface area contributed by atoms with Crippen LogP contribution in [0.5, 0.6) is 0 Å². The monoisotopic (exact) mass is 575 g/mol. The molecule has 0 aliphatic carbocycles. The fourth-order valence-corrected chi connectivity index (χ4v) is 3.62. The quantitative estimate of drug-likeness (QED) is 0.215. The summed E-state index contributed by atoms with van der Waals surface area (Å²) in [5, 5.41) is 9.46. The van der Waals surface area contributed by atoms with Gasteiger partial charge in [-0.15, -0.1) is 24.0 Å². The highest BCUT2D eigenvalue weighted by molar-refractivity contribution is 14.0. The number of amides is 1. The van der Waals surface area contributed by atoms with E-state index in [9.17, 15) is 4.79 Å². The van der Waals surface area contributed by atoms with E-state index in [2.05, 4.69) is 25.9 Å². The van der Waals surface area contributed by atoms with Crippen LogP contribution in [-0.2, 0) is 17.8 Å². The average Bonchev–Trinajstić information content (AvgIpc) is 3.56. The van der Waals surface area contributed by atoms with Crippen molar-refractivity contribution in [3.8, 4) is 11.5 Å². The highest BCUT2D eigenvalue weighted by atomic mass is 127. The third-order valence-electron chi connectivity index (χ3n) is 5.40. The Morgan fingerprint density at radius 3 is 2.68 bits per heavy atom. The van der Waals surface area contributed by atoms with Gasteiger partial charge in [-0.05, 0) is 42.7 Å². The number of hydrogen-bond donors (Lipinski definition) is 3. The van der Waals surface area contributed by atoms with Crippen LogP contribution in [0.2, 0.25) is 0 Å². The van der Waals surface area contributed by atoms with Crippen LogP contribution in [0.4, 0.5) is 0 Å². The lowest BCUT2D eigenvalue weighted by atomic mass is 10.1. The number of nitrogens with zero attached hydrogens (tertiary/aromatic N) is 2. The lowest BCUT2D eigenvalue weighted by molar-refractivity contribution is 0.0857. The fourth-order valence-electron chi connectivity index (χ4n) is 3.62. The third kappa shape index (κ3) is 7.29. The second-order valence-electron chi connectivity index (χ2n) is 7.83. The number of hydrogen-bond acceptors (Lipinski definition) is 5. The molecule has 1 fully saturated rings. The Hall–Kier alpha value is -2.92. The molecule has 2 heterocycles. The molecule has 1 atom stereocenters. The van der Waals surface area contributed by atoms with Crippen molar-refractivity contribution in [2.45, 2.75) is 32.0 Å². The van der Waals surface area contributed by atoms with E-state index < -0.39 is 0 Å². The molecular weight excluding hydrogens is 545 g/mol. The van der Waals surface area contributed by atoms with Crippen LogP contribution in [-0.4, -0.2) is 43.2 Å². The summed E-state index contributed by atoms with van der Waals surface area (Å²) in [5.41, 5.74) is 3.33. The summed E-state index contributed by atoms with van der Waals surface area (Å²) in [6, 6.07) is 17.3. The first-order valence-electron chi connectivity index (χ1n) is 11.1. The lowest BCUT2D eigenvalue weighted by Crippen LogP contribution is -2.36. The van der Waals surface area contributed by atoms with E-state index in [4.69, 9.17) is 9.15 Å². The molecular formula is C25H30IN5O3. The number of carbonyl (C=O) groups excluding carboxylic acids is 1. The zero-order valence-corrected chi connectivity index (χ0v) is 21.5. The summed E-state index contributed by atoms with van der Waals surface area (Å²) >= 11 is 0. The predicted octanol–water partition coefficient (Wildman–Crippen LogP) is 3.73. The van der Waals surface area contributed by atoms with Gasteiger partial charge in [-0.3, -0.25) is 9.79 Å². The van der Waals surface area contributed by atoms with Crippen molar-refractivity contribution in [3.05, 3.63) is 77.7 Å². The van der Waals surface area contributed by atoms with Crippen molar-refractivity contribution in [2.24, 2.45) is 4.99 Å². The first-order valence-corrected chi connectivity index (χ1v) is 11.1. The van der Waals surface area contributed by atoms with Crippen molar-refractivity contribution in [3.63, 3.8) is 0 Å². The van der Waals surface area contributed by atoms with Gasteiger partial charge in [0.2, 0.25) is 5.89 Å². The lowest BCUT2D eigenvalue weighted by Gasteiger charge is -2.13. The normalized spacial score (nSPS) is 15.4. The Bertz CT molecular complexity index is 1080. The molecule has 1 aliphatic heterocycles. The smallest absolute Gasteiger partial charge is 0.251 e. The number of aromatic nitrogens is 1. The van der Waals surface area contributed by atoms with Gasteiger partial charge in [-0.2, -0.15) is 0 Å². The largest absolute Gasteiger partial charge is 0.444 e. The van der Waals surface area contributed by atoms with Crippen LogP contribution in [0.1, 0.15) is 34.5 Å². The standard InChI is InChI=1S/C25H29N5O3.HI/c1-26-25(29-15-21-17-33-24(30-21)19-8-3-2-4-9-19)28-14-18-7-5-10-20(13-18)23(31)27-16-22-11-6-12-32-22;/h2-5,7-10,13,17,22H,6,11-12,14-16H2,1H3,(H,27,31)(H2,26,28,29);1H. The van der Waals surface area contributed by atoms with E-state index >= 15 is 0 Å². The maximum atomic E-state index is 12.5. The van der Waals surface area contributed by atoms with Crippen LogP contribution in [0.15, 0.2) is 70.3 Å². The Kier molecular flexibility index (Phi) is 9.89. The molecule has 4 rings (SSSR count). The zero-order chi connectivity index (χ0) is 22.9. The molecule has 8 nitrogen and oxygen atoms in total. The van der Waals surface area contributed by atoms with Gasteiger partial charge in [0.15, 0.2) is 5.96 Å². The van der Waals surface area contributed by atoms with E-state index in [-0.39, 0.29) is 36.0 Å². The van der Waals surface area contributed by atoms with Gasteiger partial charge < -0.3 is 25.1 Å². The molecule has 0 radical (unpaired) electrons. The first kappa shape index (κ1) is 25.7. The highest BCUT2D eigenvalue weighted by Gasteiger charge is 2.16. The molecule has 9 heteroatoms. The van der Waals surface area contributed by atoms with E-state index in [1.807, 2.05) is 54.6 Å². The molecule has 3 N–H and O–H groups in total. The molecule has 0 spiro atoms. The number of guanidine groups is 1. The van der Waals surface area contributed by atoms with Gasteiger partial charge in [0.25, 0.3) is 5.91 Å². The topological polar surface area (TPSA) is 101 Å². The second-order valence-corrected chi connectivity index (χ2v) is 7.83. The van der Waals surface area contributed by atoms with Crippen molar-refractivity contribution in [1.29, 1.82) is 0 Å². The Morgan fingerprint density at radius 1 is 1.09 bits per heavy atom. The van der Waals surface area contributed by atoms with Crippen LogP contribution in [0.25, 0.3) is 11.5 Å². The van der Waals surface area contributed by atoms with Gasteiger partial charge in [0.05, 0.1) is 18.3 Å². The average molecular weight is 575 g/mol. The molecule has 34 heavy (non-hydrogen) atoms. The number of oxazole rings is 1. The summed E-state index contributed by atoms with van der Waals surface area (Å²) in [5.74, 6) is 1.13. The van der Waals surface area contributed by atoms with E-state index in [0.29, 0.717) is 37.0 Å². The molecule has 1 unspecified atom stereocenters. The number of halogens is 1. The molecule has 180 valence electrons. The van der Waals surface area contributed by atoms with Crippen LogP contribution in [0, 0.1) is 0 Å². The highest BCUT2D eigenvalue weighted by Crippen LogP contribution is 2.17. The molecule has 0 bridgehead atoms. The predicted molar refractivity (Wildman–Crippen MR) is 142 cm³/mol. The molecule has 2 aromatic carbocycles. The van der Waals surface area contributed by atoms with Gasteiger partial charge in [-0.1, -0.05) is 30.3 Å². The zero-order valence-electron chi connectivity index (χ0n) is 19.1. The van der Waals surface area contributed by atoms with Crippen LogP contribution < -0.4 is 16.0 Å². The van der Waals surface area contributed by atoms with E-state index in [0.717, 1.165) is 36.3 Å². The van der Waals surface area contributed by atoms with Gasteiger partial charge >= 0.3 is 0 Å². The summed E-state index contributed by atoms with van der Waals surface area (Å²) in [7, 11) is 1.71. The minimum absolute atomic E-state index is 0. The number of nitrogens with one attached hydrogen (secondary N) is 3. The molecule has 1 amide bonds. The molecule has 1 aliphatic rings. The SMILES string of the molecule is CN=C(NCc1cccc(C(=O)NCC2CCCO2)c1)NCc1coc(-c2ccccc2)n1.I. The van der Waals surface area contributed by atoms with E-state index in [1.54, 1.807) is 13.3 Å². The fraction of sp³-hybridized carbons (Fsp3) is 0.320. The summed E-state index contributed by atoms with van der Waals surface area (Å²) in [4.78, 5) is 21.2. The molecule has 3 aromatic rings. The third-order valence-corrected chi connectivity index (χ3v) is 5.40. The summed E-state index contributed by atoms with van der Waals surface area (Å²) in [6.45, 7) is 2.33. The number of aliphatic imine (C=N–C) groups is 1. The van der Waals surface area contributed by atoms with Crippen molar-refractivity contribution in [2.75, 3.05) is 20.2 Å². The number of rotatable bonds is 8. The summed E-state index contributed by atoms with van der Waals surface area (Å²) < 4.78 is 11.1. The van der Waals surface area contributed by atoms with E-state index in [1.165, 1.54) is 0 Å². The minimum atomic E-state index is -0.0879. The van der Waals surface area contributed by atoms with Crippen LogP contribution >= 0.6 is 24.0 Å². The molecule has 1 saturated heterocycles. The molecule has 1 aromatic heterocycles. The van der Waals surface area contributed by atoms with Gasteiger partial charge in [0, 0.05) is 37.9 Å². The minimum Gasteiger partial charge on any atom is -0.444 e. The first-order chi connectivity index (χ1) is 16.2. The van der Waals surface area contributed by atoms with Crippen molar-refractivity contribution < 1.29 is 13.9 Å². The number of carbonyl (C=O) groups is 1. The number of ether oxygens (including phenoxy) is 1. The van der Waals surface area contributed by atoms with Crippen molar-refractivity contribution >= 4 is 35.8 Å². The second kappa shape index (κ2) is 13.1. The van der Waals surface area contributed by atoms with Crippen LogP contribution in [0.3, 0.4) is 0 Å². The Labute approximate surface area is 216 Å². The maximum absolute atomic E-state index is 12.5. The van der Waals surface area contributed by atoms with Gasteiger partial charge in [0.1, 0.15) is 6.26 Å². The maximum Gasteiger partial charge on any atom is 0.251 e. The summed E-state index contributed by atoms with van der Waals surface area (Å²) in [6.07, 6.45) is 3.82.